The molecular weight excluding hydrogens is 456 g/mol. The van der Waals surface area contributed by atoms with E-state index in [-0.39, 0.29) is 24.2 Å². The van der Waals surface area contributed by atoms with E-state index in [1.807, 2.05) is 24.3 Å². The highest BCUT2D eigenvalue weighted by atomic mass is 35.5. The van der Waals surface area contributed by atoms with Gasteiger partial charge in [-0.3, -0.25) is 4.79 Å². The number of rotatable bonds is 11. The topological polar surface area (TPSA) is 69.3 Å². The van der Waals surface area contributed by atoms with E-state index in [2.05, 4.69) is 23.3 Å². The Hall–Kier alpha value is -2.64. The summed E-state index contributed by atoms with van der Waals surface area (Å²) in [6.07, 6.45) is 4.33. The summed E-state index contributed by atoms with van der Waals surface area (Å²) >= 11 is 0. The Labute approximate surface area is 209 Å². The van der Waals surface area contributed by atoms with E-state index in [1.54, 1.807) is 28.4 Å². The summed E-state index contributed by atoms with van der Waals surface area (Å²) in [6.45, 7) is 1.88. The van der Waals surface area contributed by atoms with Crippen LogP contribution in [0, 0.1) is 5.92 Å². The second-order valence-corrected chi connectivity index (χ2v) is 8.43. The molecule has 0 aliphatic carbocycles. The molecule has 0 saturated carbocycles. The predicted molar refractivity (Wildman–Crippen MR) is 137 cm³/mol. The molecule has 0 fully saturated rings. The average molecular weight is 493 g/mol. The number of amides is 1. The van der Waals surface area contributed by atoms with Crippen LogP contribution < -0.4 is 24.3 Å². The molecule has 1 aliphatic rings. The first-order valence-electron chi connectivity index (χ1n) is 11.4. The zero-order valence-corrected chi connectivity index (χ0v) is 21.6. The molecule has 0 bridgehead atoms. The second-order valence-electron chi connectivity index (χ2n) is 8.43. The van der Waals surface area contributed by atoms with Crippen molar-refractivity contribution in [1.82, 2.24) is 4.90 Å². The van der Waals surface area contributed by atoms with Crippen molar-refractivity contribution in [3.05, 3.63) is 41.5 Å². The van der Waals surface area contributed by atoms with Crippen molar-refractivity contribution in [1.29, 1.82) is 0 Å². The Morgan fingerprint density at radius 2 is 1.56 bits per heavy atom. The summed E-state index contributed by atoms with van der Waals surface area (Å²) in [4.78, 5) is 15.2. The monoisotopic (exact) mass is 492 g/mol. The Bertz CT molecular complexity index is 953. The number of halogens is 1. The summed E-state index contributed by atoms with van der Waals surface area (Å²) in [5.41, 5.74) is 2.97. The van der Waals surface area contributed by atoms with Gasteiger partial charge in [-0.05, 0) is 75.5 Å². The summed E-state index contributed by atoms with van der Waals surface area (Å²) in [7, 11) is 8.70. The Kier molecular flexibility index (Phi) is 10.8. The minimum absolute atomic E-state index is 0. The molecule has 0 radical (unpaired) electrons. The lowest BCUT2D eigenvalue weighted by Gasteiger charge is -2.19. The Balaban J connectivity index is 0.00000408. The number of carbonyl (C=O) groups excluding carboxylic acids is 1. The van der Waals surface area contributed by atoms with Gasteiger partial charge in [-0.15, -0.1) is 12.4 Å². The minimum atomic E-state index is -0.0222. The van der Waals surface area contributed by atoms with E-state index >= 15 is 0 Å². The number of benzene rings is 2. The van der Waals surface area contributed by atoms with Crippen molar-refractivity contribution in [2.24, 2.45) is 5.92 Å². The Morgan fingerprint density at radius 3 is 2.24 bits per heavy atom. The summed E-state index contributed by atoms with van der Waals surface area (Å²) in [5, 5.41) is 3.09. The second kappa shape index (κ2) is 13.3. The molecule has 1 amide bonds. The molecule has 0 aromatic heterocycles. The van der Waals surface area contributed by atoms with Gasteiger partial charge in [0.15, 0.2) is 11.5 Å². The number of hydrogen-bond donors (Lipinski definition) is 1. The van der Waals surface area contributed by atoms with E-state index in [9.17, 15) is 4.79 Å². The van der Waals surface area contributed by atoms with Gasteiger partial charge in [0.05, 0.1) is 34.1 Å². The van der Waals surface area contributed by atoms with Gasteiger partial charge in [-0.25, -0.2) is 0 Å². The van der Waals surface area contributed by atoms with Crippen LogP contribution in [0.5, 0.6) is 23.0 Å². The fourth-order valence-electron chi connectivity index (χ4n) is 4.38. The first-order chi connectivity index (χ1) is 16.0. The quantitative estimate of drug-likeness (QED) is 0.494. The average Bonchev–Trinajstić information content (AvgIpc) is 3.00. The van der Waals surface area contributed by atoms with Crippen LogP contribution in [-0.4, -0.2) is 59.4 Å². The van der Waals surface area contributed by atoms with Crippen LogP contribution in [-0.2, 0) is 17.6 Å². The number of nitrogens with zero attached hydrogens (tertiary/aromatic N) is 1. The molecular formula is C26H37ClN2O5. The molecule has 0 saturated heterocycles. The third kappa shape index (κ3) is 6.70. The summed E-state index contributed by atoms with van der Waals surface area (Å²) in [6, 6.07) is 9.79. The maximum atomic E-state index is 12.9. The zero-order chi connectivity index (χ0) is 23.8. The minimum Gasteiger partial charge on any atom is -0.496 e. The lowest BCUT2D eigenvalue weighted by molar-refractivity contribution is -0.120. The van der Waals surface area contributed by atoms with Gasteiger partial charge in [-0.1, -0.05) is 6.07 Å². The number of ether oxygens (including phenoxy) is 4. The van der Waals surface area contributed by atoms with Crippen LogP contribution >= 0.6 is 12.4 Å². The highest BCUT2D eigenvalue weighted by Gasteiger charge is 2.27. The molecule has 1 heterocycles. The molecule has 1 aliphatic heterocycles. The van der Waals surface area contributed by atoms with E-state index in [4.69, 9.17) is 18.9 Å². The number of fused-ring (bicyclic) bond motifs is 1. The van der Waals surface area contributed by atoms with Crippen LogP contribution in [0.25, 0.3) is 0 Å². The first-order valence-corrected chi connectivity index (χ1v) is 11.4. The summed E-state index contributed by atoms with van der Waals surface area (Å²) < 4.78 is 21.7. The fraction of sp³-hybridized carbons (Fsp3) is 0.500. The van der Waals surface area contributed by atoms with Gasteiger partial charge >= 0.3 is 0 Å². The van der Waals surface area contributed by atoms with Crippen molar-refractivity contribution in [3.8, 4) is 23.0 Å². The third-order valence-electron chi connectivity index (χ3n) is 6.36. The van der Waals surface area contributed by atoms with Crippen molar-refractivity contribution >= 4 is 24.0 Å². The lowest BCUT2D eigenvalue weighted by atomic mass is 9.95. The van der Waals surface area contributed by atoms with Crippen LogP contribution in [0.4, 0.5) is 5.69 Å². The molecule has 1 unspecified atom stereocenters. The van der Waals surface area contributed by atoms with E-state index < -0.39 is 0 Å². The SMILES string of the molecule is COc1ccc(CCN(C)CCCC2CCc3c(OC)ccc(OC)c3NC2=O)cc1OC.Cl. The standard InChI is InChI=1S/C26H36N2O5.ClH/c1-28(16-14-18-8-11-22(31-3)24(17-18)33-5)15-6-7-19-9-10-20-21(30-2)12-13-23(32-4)25(20)27-26(19)29;/h8,11-13,17,19H,6-7,9-10,14-16H2,1-5H3,(H,27,29);1H. The molecule has 3 rings (SSSR count). The molecule has 34 heavy (non-hydrogen) atoms. The van der Waals surface area contributed by atoms with Gasteiger partial charge < -0.3 is 29.2 Å². The van der Waals surface area contributed by atoms with Gasteiger partial charge in [-0.2, -0.15) is 0 Å². The number of hydrogen-bond acceptors (Lipinski definition) is 6. The van der Waals surface area contributed by atoms with Crippen molar-refractivity contribution in [2.45, 2.75) is 32.1 Å². The van der Waals surface area contributed by atoms with Crippen LogP contribution in [0.3, 0.4) is 0 Å². The molecule has 188 valence electrons. The maximum absolute atomic E-state index is 12.9. The predicted octanol–water partition coefficient (Wildman–Crippen LogP) is 4.60. The molecule has 2 aromatic rings. The number of nitrogens with one attached hydrogen (secondary N) is 1. The van der Waals surface area contributed by atoms with E-state index in [0.29, 0.717) is 5.75 Å². The van der Waals surface area contributed by atoms with Gasteiger partial charge in [0.1, 0.15) is 11.5 Å². The van der Waals surface area contributed by atoms with Crippen molar-refractivity contribution in [3.63, 3.8) is 0 Å². The number of likely N-dealkylation sites (N-methyl/N-ethyl adjacent to an activating group) is 1. The van der Waals surface area contributed by atoms with E-state index in [0.717, 1.165) is 73.7 Å². The first kappa shape index (κ1) is 27.6. The van der Waals surface area contributed by atoms with Crippen LogP contribution in [0.15, 0.2) is 30.3 Å². The smallest absolute Gasteiger partial charge is 0.227 e. The van der Waals surface area contributed by atoms with Crippen LogP contribution in [0.2, 0.25) is 0 Å². The molecule has 0 spiro atoms. The van der Waals surface area contributed by atoms with Crippen molar-refractivity contribution in [2.75, 3.05) is 53.9 Å². The Morgan fingerprint density at radius 1 is 0.912 bits per heavy atom. The maximum Gasteiger partial charge on any atom is 0.227 e. The highest BCUT2D eigenvalue weighted by Crippen LogP contribution is 2.39. The van der Waals surface area contributed by atoms with Gasteiger partial charge in [0, 0.05) is 18.0 Å². The lowest BCUT2D eigenvalue weighted by Crippen LogP contribution is -2.25. The highest BCUT2D eigenvalue weighted by molar-refractivity contribution is 5.96. The third-order valence-corrected chi connectivity index (χ3v) is 6.36. The van der Waals surface area contributed by atoms with Crippen LogP contribution in [0.1, 0.15) is 30.4 Å². The summed E-state index contributed by atoms with van der Waals surface area (Å²) in [5.74, 6) is 3.01. The zero-order valence-electron chi connectivity index (χ0n) is 20.8. The van der Waals surface area contributed by atoms with Gasteiger partial charge in [0.25, 0.3) is 0 Å². The largest absolute Gasteiger partial charge is 0.496 e. The number of methoxy groups -OCH3 is 4. The molecule has 2 aromatic carbocycles. The fourth-order valence-corrected chi connectivity index (χ4v) is 4.38. The normalized spacial score (nSPS) is 15.0. The molecule has 8 heteroatoms. The van der Waals surface area contributed by atoms with E-state index in [1.165, 1.54) is 5.56 Å². The molecule has 7 nitrogen and oxygen atoms in total. The molecule has 1 atom stereocenters. The number of anilines is 1. The molecule has 1 N–H and O–H groups in total. The number of carbonyl (C=O) groups is 1. The van der Waals surface area contributed by atoms with Crippen molar-refractivity contribution < 1.29 is 23.7 Å². The van der Waals surface area contributed by atoms with Gasteiger partial charge in [0.2, 0.25) is 5.91 Å².